The van der Waals surface area contributed by atoms with E-state index in [1.165, 1.54) is 11.1 Å². The first-order chi connectivity index (χ1) is 9.95. The highest BCUT2D eigenvalue weighted by atomic mass is 79.9. The summed E-state index contributed by atoms with van der Waals surface area (Å²) in [5.74, 6) is 1.09. The van der Waals surface area contributed by atoms with Crippen LogP contribution in [-0.2, 0) is 17.6 Å². The van der Waals surface area contributed by atoms with Gasteiger partial charge in [0.25, 0.3) is 0 Å². The molecular weight excluding hydrogens is 330 g/mol. The van der Waals surface area contributed by atoms with Crippen LogP contribution in [0.3, 0.4) is 0 Å². The molecule has 118 valence electrons. The van der Waals surface area contributed by atoms with E-state index in [0.717, 1.165) is 42.6 Å². The monoisotopic (exact) mass is 355 g/mol. The number of benzene rings is 1. The zero-order chi connectivity index (χ0) is 15.5. The predicted molar refractivity (Wildman–Crippen MR) is 90.2 cm³/mol. The molecule has 1 aromatic carbocycles. The van der Waals surface area contributed by atoms with Gasteiger partial charge >= 0.3 is 0 Å². The number of hydrogen-bond donors (Lipinski definition) is 1. The van der Waals surface area contributed by atoms with E-state index in [0.29, 0.717) is 6.04 Å². The van der Waals surface area contributed by atoms with Crippen LogP contribution in [0.2, 0.25) is 0 Å². The Hall–Kier alpha value is -0.580. The Kier molecular flexibility index (Phi) is 5.69. The second-order valence-corrected chi connectivity index (χ2v) is 7.19. The fraction of sp³-hybridized carbons (Fsp3) is 0.647. The van der Waals surface area contributed by atoms with Gasteiger partial charge in [0.1, 0.15) is 5.75 Å². The third-order valence-electron chi connectivity index (χ3n) is 4.08. The smallest absolute Gasteiger partial charge is 0.125 e. The molecule has 2 rings (SSSR count). The van der Waals surface area contributed by atoms with Crippen molar-refractivity contribution in [2.24, 2.45) is 0 Å². The van der Waals surface area contributed by atoms with Crippen molar-refractivity contribution in [3.8, 4) is 5.75 Å². The molecule has 1 unspecified atom stereocenters. The van der Waals surface area contributed by atoms with Crippen LogP contribution in [-0.4, -0.2) is 31.9 Å². The van der Waals surface area contributed by atoms with Gasteiger partial charge in [-0.1, -0.05) is 22.9 Å². The normalized spacial score (nSPS) is 15.7. The maximum Gasteiger partial charge on any atom is 0.125 e. The van der Waals surface area contributed by atoms with Gasteiger partial charge in [0.15, 0.2) is 0 Å². The number of ether oxygens (including phenoxy) is 2. The first kappa shape index (κ1) is 16.8. The minimum absolute atomic E-state index is 0.122. The number of nitrogens with one attached hydrogen (secondary N) is 1. The van der Waals surface area contributed by atoms with Crippen LogP contribution < -0.4 is 10.1 Å². The van der Waals surface area contributed by atoms with E-state index in [9.17, 15) is 0 Å². The lowest BCUT2D eigenvalue weighted by atomic mass is 9.93. The predicted octanol–water partition coefficient (Wildman–Crippen LogP) is 3.72. The maximum atomic E-state index is 5.84. The molecule has 0 saturated carbocycles. The van der Waals surface area contributed by atoms with Crippen LogP contribution in [0.4, 0.5) is 0 Å². The van der Waals surface area contributed by atoms with E-state index in [-0.39, 0.29) is 5.60 Å². The lowest BCUT2D eigenvalue weighted by Crippen LogP contribution is -2.39. The van der Waals surface area contributed by atoms with Crippen LogP contribution in [0.25, 0.3) is 0 Å². The molecule has 1 atom stereocenters. The Balaban J connectivity index is 2.17. The van der Waals surface area contributed by atoms with Crippen LogP contribution in [0.1, 0.15) is 38.3 Å². The number of methoxy groups -OCH3 is 1. The molecular formula is C17H26BrNO2. The largest absolute Gasteiger partial charge is 0.493 e. The first-order valence-electron chi connectivity index (χ1n) is 7.68. The molecule has 1 N–H and O–H groups in total. The minimum Gasteiger partial charge on any atom is -0.493 e. The maximum absolute atomic E-state index is 5.84. The molecule has 3 nitrogen and oxygen atoms in total. The van der Waals surface area contributed by atoms with Gasteiger partial charge in [0, 0.05) is 24.0 Å². The quantitative estimate of drug-likeness (QED) is 0.808. The van der Waals surface area contributed by atoms with Crippen molar-refractivity contribution < 1.29 is 9.47 Å². The summed E-state index contributed by atoms with van der Waals surface area (Å²) >= 11 is 3.62. The van der Waals surface area contributed by atoms with Gasteiger partial charge in [-0.25, -0.2) is 0 Å². The highest BCUT2D eigenvalue weighted by Crippen LogP contribution is 2.34. The Morgan fingerprint density at radius 3 is 2.86 bits per heavy atom. The van der Waals surface area contributed by atoms with Gasteiger partial charge in [-0.3, -0.25) is 0 Å². The third-order valence-corrected chi connectivity index (χ3v) is 4.53. The van der Waals surface area contributed by atoms with Crippen molar-refractivity contribution in [1.82, 2.24) is 5.32 Å². The summed E-state index contributed by atoms with van der Waals surface area (Å²) in [7, 11) is 1.78. The Bertz CT molecular complexity index is 488. The van der Waals surface area contributed by atoms with Gasteiger partial charge in [0.05, 0.1) is 12.2 Å². The van der Waals surface area contributed by atoms with Crippen LogP contribution >= 0.6 is 15.9 Å². The SMILES string of the molecule is CCNC(Cc1cc(Br)cc2c1OCC2)CC(C)(C)OC. The van der Waals surface area contributed by atoms with Crippen LogP contribution in [0, 0.1) is 0 Å². The summed E-state index contributed by atoms with van der Waals surface area (Å²) in [6, 6.07) is 4.74. The van der Waals surface area contributed by atoms with Gasteiger partial charge in [-0.15, -0.1) is 0 Å². The Morgan fingerprint density at radius 1 is 1.43 bits per heavy atom. The van der Waals surface area contributed by atoms with Crippen molar-refractivity contribution in [3.63, 3.8) is 0 Å². The third kappa shape index (κ3) is 4.44. The van der Waals surface area contributed by atoms with Crippen LogP contribution in [0.5, 0.6) is 5.75 Å². The average molecular weight is 356 g/mol. The number of fused-ring (bicyclic) bond motifs is 1. The summed E-state index contributed by atoms with van der Waals surface area (Å²) < 4.78 is 12.6. The standard InChI is InChI=1S/C17H26BrNO2/c1-5-19-15(11-17(2,3)20-4)10-13-9-14(18)8-12-6-7-21-16(12)13/h8-9,15,19H,5-7,10-11H2,1-4H3. The first-order valence-corrected chi connectivity index (χ1v) is 8.47. The summed E-state index contributed by atoms with van der Waals surface area (Å²) in [5, 5.41) is 3.58. The van der Waals surface area contributed by atoms with Crippen molar-refractivity contribution in [1.29, 1.82) is 0 Å². The van der Waals surface area contributed by atoms with E-state index >= 15 is 0 Å². The molecule has 0 bridgehead atoms. The molecule has 0 saturated heterocycles. The zero-order valence-electron chi connectivity index (χ0n) is 13.5. The van der Waals surface area contributed by atoms with Gasteiger partial charge < -0.3 is 14.8 Å². The second-order valence-electron chi connectivity index (χ2n) is 6.28. The molecule has 0 radical (unpaired) electrons. The lowest BCUT2D eigenvalue weighted by molar-refractivity contribution is 0.00722. The topological polar surface area (TPSA) is 30.5 Å². The summed E-state index contributed by atoms with van der Waals surface area (Å²) in [5.41, 5.74) is 2.48. The number of rotatable bonds is 7. The van der Waals surface area contributed by atoms with E-state index in [2.05, 4.69) is 54.2 Å². The van der Waals surface area contributed by atoms with E-state index in [1.54, 1.807) is 7.11 Å². The number of hydrogen-bond acceptors (Lipinski definition) is 3. The molecule has 0 aromatic heterocycles. The molecule has 1 heterocycles. The van der Waals surface area contributed by atoms with E-state index in [4.69, 9.17) is 9.47 Å². The van der Waals surface area contributed by atoms with Gasteiger partial charge in [-0.05, 0) is 56.5 Å². The van der Waals surface area contributed by atoms with Crippen molar-refractivity contribution in [3.05, 3.63) is 27.7 Å². The second kappa shape index (κ2) is 7.12. The summed E-state index contributed by atoms with van der Waals surface area (Å²) in [4.78, 5) is 0. The zero-order valence-corrected chi connectivity index (χ0v) is 15.0. The molecule has 21 heavy (non-hydrogen) atoms. The summed E-state index contributed by atoms with van der Waals surface area (Å²) in [6.07, 6.45) is 2.94. The molecule has 0 fully saturated rings. The van der Waals surface area contributed by atoms with Crippen molar-refractivity contribution in [2.75, 3.05) is 20.3 Å². The minimum atomic E-state index is -0.122. The Morgan fingerprint density at radius 2 is 2.19 bits per heavy atom. The molecule has 0 spiro atoms. The Labute approximate surface area is 136 Å². The molecule has 1 aromatic rings. The van der Waals surface area contributed by atoms with Crippen molar-refractivity contribution in [2.45, 2.75) is 51.7 Å². The van der Waals surface area contributed by atoms with E-state index < -0.39 is 0 Å². The highest BCUT2D eigenvalue weighted by molar-refractivity contribution is 9.10. The molecule has 0 aliphatic carbocycles. The fourth-order valence-corrected chi connectivity index (χ4v) is 3.50. The molecule has 0 amide bonds. The highest BCUT2D eigenvalue weighted by Gasteiger charge is 2.25. The lowest BCUT2D eigenvalue weighted by Gasteiger charge is -2.29. The number of halogens is 1. The number of likely N-dealkylation sites (N-methyl/N-ethyl adjacent to an activating group) is 1. The van der Waals surface area contributed by atoms with Crippen molar-refractivity contribution >= 4 is 15.9 Å². The van der Waals surface area contributed by atoms with Gasteiger partial charge in [0.2, 0.25) is 0 Å². The van der Waals surface area contributed by atoms with E-state index in [1.807, 2.05) is 0 Å². The molecule has 1 aliphatic rings. The average Bonchev–Trinajstić information content (AvgIpc) is 2.86. The van der Waals surface area contributed by atoms with Crippen LogP contribution in [0.15, 0.2) is 16.6 Å². The molecule has 4 heteroatoms. The summed E-state index contributed by atoms with van der Waals surface area (Å²) in [6.45, 7) is 8.18. The fourth-order valence-electron chi connectivity index (χ4n) is 2.95. The van der Waals surface area contributed by atoms with Gasteiger partial charge in [-0.2, -0.15) is 0 Å². The molecule has 1 aliphatic heterocycles.